The Kier molecular flexibility index (Phi) is 37.3. The van der Waals surface area contributed by atoms with Crippen molar-refractivity contribution in [3.05, 3.63) is 512 Å². The molecule has 0 aliphatic rings. The predicted octanol–water partition coefficient (Wildman–Crippen LogP) is 25.4. The third-order valence-electron chi connectivity index (χ3n) is 24.4. The first-order chi connectivity index (χ1) is 67.8. The fourth-order valence-electron chi connectivity index (χ4n) is 16.5. The minimum Gasteiger partial charge on any atom is -0.508 e. The van der Waals surface area contributed by atoms with Gasteiger partial charge in [0.1, 0.15) is 23.1 Å². The fourth-order valence-corrected chi connectivity index (χ4v) is 20.9. The minimum atomic E-state index is -3.03. The van der Waals surface area contributed by atoms with Gasteiger partial charge in [0, 0.05) is 204 Å². The van der Waals surface area contributed by atoms with E-state index in [0.29, 0.717) is 58.1 Å². The van der Waals surface area contributed by atoms with Gasteiger partial charge < -0.3 is 44.1 Å². The van der Waals surface area contributed by atoms with Crippen molar-refractivity contribution < 1.29 is 128 Å². The predicted molar refractivity (Wildman–Crippen MR) is 554 cm³/mol. The van der Waals surface area contributed by atoms with Gasteiger partial charge in [0.2, 0.25) is 37.5 Å². The van der Waals surface area contributed by atoms with Gasteiger partial charge in [-0.1, -0.05) is 263 Å². The molecule has 23 heteroatoms. The van der Waals surface area contributed by atoms with E-state index in [9.17, 15) is 20.4 Å². The normalized spacial score (nSPS) is 11.2. The second-order valence-electron chi connectivity index (χ2n) is 35.7. The number of anilines is 3. The molecule has 736 valence electrons. The first-order valence-electron chi connectivity index (χ1n) is 46.0. The fraction of sp³-hybridized carbons (Fsp3) is 0.124. The first kappa shape index (κ1) is 108. The summed E-state index contributed by atoms with van der Waals surface area (Å²) in [7, 11) is -3.03. The standard InChI is InChI=1S/C40H37N2OSi.C34H32N3O.C25H21N2O3.C22H15N2O4.4Pt/c1-39(2,30-18-8-5-9-19-30)35-26-16-28-37(41-35)44(31-20-10-6-11-21-31,32-22-12-7-13-23-32)38-29-17-27-36(42-38)40(3,4)33-24-14-15-25-34(33)43;1-33(2,25-15-7-5-8-16-25)29-21-13-23-31(35-29)37(26-17-9-6-10-18-26)32-24-14-22-30(36-32)34(3,4)27-19-11-12-20-28(27)38;1-25(2,18-9-7-10-19(17-18)29-23-14-5-6-16-26-23)22-13-8-15-24(27-22)30-21-12-4-3-11-20(21)28;25-18-9-1-2-10-19(18)28-22-13-6-12-21(24-22)27-17-8-5-7-16(15-17)26-20-11-3-4-14-23-20;;;;/h5-18,20-29,43H,1-4H3;5-15,17-24,38H,1-4H3;3-16,28H,1-2H3;1-14,25H;;;;/q4*-1;;;;. The number of aromatic hydroxyl groups is 4. The van der Waals surface area contributed by atoms with Crippen LogP contribution in [0.15, 0.2) is 431 Å². The molecule has 0 amide bonds. The summed E-state index contributed by atoms with van der Waals surface area (Å²) in [4.78, 5) is 40.7. The number of pyridine rings is 8. The van der Waals surface area contributed by atoms with E-state index >= 15 is 0 Å². The Morgan fingerprint density at radius 1 is 0.250 bits per heavy atom. The van der Waals surface area contributed by atoms with Crippen molar-refractivity contribution in [2.45, 2.75) is 96.3 Å². The van der Waals surface area contributed by atoms with Crippen LogP contribution in [0.25, 0.3) is 0 Å². The molecule has 4 N–H and O–H groups in total. The molecule has 19 aromatic rings. The van der Waals surface area contributed by atoms with Gasteiger partial charge in [-0.05, 0) is 126 Å². The number of rotatable bonds is 27. The third-order valence-corrected chi connectivity index (χ3v) is 28.9. The molecule has 0 atom stereocenters. The van der Waals surface area contributed by atoms with E-state index in [4.69, 9.17) is 43.6 Å². The van der Waals surface area contributed by atoms with Gasteiger partial charge in [-0.3, -0.25) is 14.9 Å². The Morgan fingerprint density at radius 2 is 0.569 bits per heavy atom. The van der Waals surface area contributed by atoms with Crippen molar-refractivity contribution in [2.75, 3.05) is 4.90 Å². The van der Waals surface area contributed by atoms with Crippen molar-refractivity contribution in [3.63, 3.8) is 0 Å². The van der Waals surface area contributed by atoms with E-state index in [1.807, 2.05) is 170 Å². The van der Waals surface area contributed by atoms with Crippen molar-refractivity contribution in [1.29, 1.82) is 0 Å². The molecule has 0 aliphatic heterocycles. The summed E-state index contributed by atoms with van der Waals surface area (Å²) >= 11 is 0. The van der Waals surface area contributed by atoms with Gasteiger partial charge in [-0.15, -0.1) is 29.8 Å². The van der Waals surface area contributed by atoms with Crippen molar-refractivity contribution in [1.82, 2.24) is 39.9 Å². The van der Waals surface area contributed by atoms with Crippen LogP contribution in [0.1, 0.15) is 126 Å². The number of aromatic nitrogens is 8. The zero-order valence-electron chi connectivity index (χ0n) is 80.6. The average molecular weight is 2640 g/mol. The van der Waals surface area contributed by atoms with Crippen LogP contribution in [-0.4, -0.2) is 68.4 Å². The molecule has 8 heterocycles. The zero-order chi connectivity index (χ0) is 97.7. The number of benzene rings is 11. The van der Waals surface area contributed by atoms with E-state index in [-0.39, 0.29) is 118 Å². The SMILES string of the molecule is CC(C)(c1[c-]c(Oc2ccccn2)ccc1)c1cccc(Oc2ccccc2O)n1.CC(C)(c1[c-]cccc1)c1cccc(N(c2ccccc2)c2cccc(C(C)(C)c3ccccc3O)n2)n1.CC(C)(c1[c-]cccc1)c1cccc([Si](c2ccccc2)(c2ccccc2)c2cccc(C(C)(C)c3ccccc3O)n2)n1.Oc1ccccc1Oc1cccc(Oc2[c-]c(Oc3ccccn3)ccc2)n1.[Pt].[Pt].[Pt].[Pt]. The number of para-hydroxylation sites is 7. The molecule has 0 fully saturated rings. The molecule has 0 spiro atoms. The summed E-state index contributed by atoms with van der Waals surface area (Å²) < 4.78 is 28.6. The maximum atomic E-state index is 10.8. The molecular weight excluding hydrogens is 2530 g/mol. The van der Waals surface area contributed by atoms with Crippen molar-refractivity contribution in [2.24, 2.45) is 0 Å². The smallest absolute Gasteiger partial charge is 0.223 e. The molecule has 144 heavy (non-hydrogen) atoms. The number of nitrogens with zero attached hydrogens (tertiary/aromatic N) is 9. The molecule has 19 rings (SSSR count). The number of ether oxygens (including phenoxy) is 5. The van der Waals surface area contributed by atoms with E-state index in [1.54, 1.807) is 122 Å². The van der Waals surface area contributed by atoms with Gasteiger partial charge in [0.05, 0.1) is 22.8 Å². The van der Waals surface area contributed by atoms with E-state index in [2.05, 4.69) is 252 Å². The summed E-state index contributed by atoms with van der Waals surface area (Å²) in [6.45, 7) is 21.3. The van der Waals surface area contributed by atoms with Crippen LogP contribution in [0.4, 0.5) is 17.3 Å². The Morgan fingerprint density at radius 3 is 1.01 bits per heavy atom. The van der Waals surface area contributed by atoms with Gasteiger partial charge in [0.25, 0.3) is 0 Å². The van der Waals surface area contributed by atoms with Gasteiger partial charge in [0.15, 0.2) is 23.0 Å². The average Bonchev–Trinajstić information content (AvgIpc) is 0.721. The summed E-state index contributed by atoms with van der Waals surface area (Å²) in [6.07, 6.45) is 3.33. The van der Waals surface area contributed by atoms with E-state index in [1.165, 1.54) is 16.4 Å². The van der Waals surface area contributed by atoms with Crippen LogP contribution in [0.3, 0.4) is 0 Å². The Bertz CT molecular complexity index is 7330. The van der Waals surface area contributed by atoms with Crippen LogP contribution in [-0.2, 0) is 111 Å². The van der Waals surface area contributed by atoms with Crippen LogP contribution < -0.4 is 49.6 Å². The molecule has 18 nitrogen and oxygen atoms in total. The quantitative estimate of drug-likeness (QED) is 0.0277. The zero-order valence-corrected chi connectivity index (χ0v) is 90.7. The summed E-state index contributed by atoms with van der Waals surface area (Å²) in [6, 6.07) is 147. The Hall–Kier alpha value is -14.4. The second-order valence-corrected chi connectivity index (χ2v) is 39.4. The van der Waals surface area contributed by atoms with Crippen molar-refractivity contribution in [3.8, 4) is 81.1 Å². The van der Waals surface area contributed by atoms with Crippen LogP contribution in [0.5, 0.6) is 81.1 Å². The first-order valence-corrected chi connectivity index (χ1v) is 48.0. The Balaban J connectivity index is 0.000000172. The molecule has 0 radical (unpaired) electrons. The maximum Gasteiger partial charge on any atom is 0.223 e. The molecule has 0 saturated heterocycles. The molecule has 0 saturated carbocycles. The number of hydrogen-bond donors (Lipinski definition) is 4. The van der Waals surface area contributed by atoms with Gasteiger partial charge in [-0.25, -0.2) is 24.9 Å². The monoisotopic (exact) mass is 2640 g/mol. The van der Waals surface area contributed by atoms with Crippen LogP contribution in [0.2, 0.25) is 0 Å². The molecule has 11 aromatic carbocycles. The number of phenols is 4. The second kappa shape index (κ2) is 49.5. The van der Waals surface area contributed by atoms with Crippen LogP contribution in [0, 0.1) is 24.3 Å². The number of phenolic OH excluding ortho intramolecular Hbond substituents is 4. The van der Waals surface area contributed by atoms with E-state index in [0.717, 1.165) is 84.2 Å². The maximum absolute atomic E-state index is 10.8. The van der Waals surface area contributed by atoms with Gasteiger partial charge >= 0.3 is 0 Å². The third kappa shape index (κ3) is 25.8. The molecule has 0 bridgehead atoms. The summed E-state index contributed by atoms with van der Waals surface area (Å²) in [5.41, 5.74) is 8.06. The molecular formula is C121H105N9O9Pt4Si-4. The van der Waals surface area contributed by atoms with Crippen LogP contribution >= 0.6 is 0 Å². The van der Waals surface area contributed by atoms with Crippen molar-refractivity contribution >= 4 is 46.4 Å². The molecule has 0 unspecified atom stereocenters. The summed E-state index contributed by atoms with van der Waals surface area (Å²) in [5, 5.41) is 45.7. The van der Waals surface area contributed by atoms with Gasteiger partial charge in [-0.2, -0.15) is 95.0 Å². The molecule has 8 aromatic heterocycles. The topological polar surface area (TPSA) is 233 Å². The molecule has 0 aliphatic carbocycles. The van der Waals surface area contributed by atoms with E-state index < -0.39 is 24.3 Å². The largest absolute Gasteiger partial charge is 0.508 e. The minimum absolute atomic E-state index is 0. The Labute approximate surface area is 900 Å². The number of hydrogen-bond acceptors (Lipinski definition) is 18. The summed E-state index contributed by atoms with van der Waals surface area (Å²) in [5.74, 6) is 6.32.